The molecule has 3 unspecified atom stereocenters. The number of carbonyl (C=O) groups is 1. The molecule has 1 N–H and O–H groups in total. The fourth-order valence-corrected chi connectivity index (χ4v) is 5.26. The highest BCUT2D eigenvalue weighted by molar-refractivity contribution is 5.93. The summed E-state index contributed by atoms with van der Waals surface area (Å²) in [4.78, 5) is 17.4. The van der Waals surface area contributed by atoms with Crippen LogP contribution in [-0.4, -0.2) is 42.5 Å². The van der Waals surface area contributed by atoms with E-state index < -0.39 is 0 Å². The van der Waals surface area contributed by atoms with E-state index in [9.17, 15) is 4.79 Å². The van der Waals surface area contributed by atoms with Gasteiger partial charge in [0, 0.05) is 36.8 Å². The Morgan fingerprint density at radius 1 is 1.12 bits per heavy atom. The quantitative estimate of drug-likeness (QED) is 0.890. The van der Waals surface area contributed by atoms with Crippen molar-refractivity contribution < 1.29 is 4.79 Å². The zero-order chi connectivity index (χ0) is 17.9. The van der Waals surface area contributed by atoms with Crippen LogP contribution in [0.15, 0.2) is 24.3 Å². The lowest BCUT2D eigenvalue weighted by molar-refractivity contribution is -0.118. The predicted octanol–water partition coefficient (Wildman–Crippen LogP) is 3.87. The normalized spacial score (nSPS) is 29.3. The first-order valence-corrected chi connectivity index (χ1v) is 10.7. The smallest absolute Gasteiger partial charge is 0.227 e. The van der Waals surface area contributed by atoms with Gasteiger partial charge in [0.25, 0.3) is 0 Å². The Morgan fingerprint density at radius 3 is 2.69 bits per heavy atom. The maximum atomic E-state index is 12.6. The second kappa shape index (κ2) is 8.10. The van der Waals surface area contributed by atoms with Crippen LogP contribution >= 0.6 is 0 Å². The average molecular weight is 356 g/mol. The second-order valence-corrected chi connectivity index (χ2v) is 8.19. The minimum absolute atomic E-state index is 0.239. The van der Waals surface area contributed by atoms with Gasteiger partial charge in [-0.3, -0.25) is 9.69 Å². The Bertz CT molecular complexity index is 608. The van der Waals surface area contributed by atoms with Gasteiger partial charge in [-0.25, -0.2) is 0 Å². The number of rotatable bonds is 4. The van der Waals surface area contributed by atoms with Crippen molar-refractivity contribution >= 4 is 11.6 Å². The van der Waals surface area contributed by atoms with Crippen LogP contribution in [0, 0.1) is 0 Å². The molecule has 4 nitrogen and oxygen atoms in total. The molecule has 0 saturated carbocycles. The maximum Gasteiger partial charge on any atom is 0.227 e. The second-order valence-electron chi connectivity index (χ2n) is 8.19. The topological polar surface area (TPSA) is 35.6 Å². The molecule has 3 fully saturated rings. The summed E-state index contributed by atoms with van der Waals surface area (Å²) in [5.41, 5.74) is 2.51. The van der Waals surface area contributed by atoms with Crippen molar-refractivity contribution in [1.82, 2.24) is 10.2 Å². The highest BCUT2D eigenvalue weighted by Gasteiger charge is 2.35. The minimum Gasteiger partial charge on any atom is -0.315 e. The SMILES string of the molecule is CCC(=O)N(c1ccc(C2CCC3CCCCN32)cc1)C1CCCNC1. The van der Waals surface area contributed by atoms with Gasteiger partial charge in [0.2, 0.25) is 5.91 Å². The fourth-order valence-electron chi connectivity index (χ4n) is 5.26. The number of anilines is 1. The van der Waals surface area contributed by atoms with Gasteiger partial charge in [0.05, 0.1) is 0 Å². The highest BCUT2D eigenvalue weighted by Crippen LogP contribution is 2.40. The molecule has 0 bridgehead atoms. The van der Waals surface area contributed by atoms with Gasteiger partial charge in [-0.05, 0) is 69.3 Å². The molecule has 4 rings (SSSR count). The van der Waals surface area contributed by atoms with E-state index in [0.29, 0.717) is 18.5 Å². The summed E-state index contributed by atoms with van der Waals surface area (Å²) >= 11 is 0. The van der Waals surface area contributed by atoms with Crippen LogP contribution in [0.3, 0.4) is 0 Å². The molecule has 3 heterocycles. The van der Waals surface area contributed by atoms with Gasteiger partial charge >= 0.3 is 0 Å². The lowest BCUT2D eigenvalue weighted by Crippen LogP contribution is -2.48. The number of nitrogens with one attached hydrogen (secondary N) is 1. The number of piperidine rings is 2. The zero-order valence-electron chi connectivity index (χ0n) is 16.1. The molecule has 4 heteroatoms. The first kappa shape index (κ1) is 18.0. The third-order valence-corrected chi connectivity index (χ3v) is 6.61. The largest absolute Gasteiger partial charge is 0.315 e. The van der Waals surface area contributed by atoms with E-state index in [-0.39, 0.29) is 5.91 Å². The Kier molecular flexibility index (Phi) is 5.60. The number of hydrogen-bond acceptors (Lipinski definition) is 3. The molecule has 0 spiro atoms. The first-order chi connectivity index (χ1) is 12.8. The lowest BCUT2D eigenvalue weighted by atomic mass is 10.0. The molecule has 1 aromatic rings. The Labute approximate surface area is 157 Å². The monoisotopic (exact) mass is 355 g/mol. The summed E-state index contributed by atoms with van der Waals surface area (Å²) < 4.78 is 0. The summed E-state index contributed by atoms with van der Waals surface area (Å²) in [5, 5.41) is 3.45. The summed E-state index contributed by atoms with van der Waals surface area (Å²) in [6.45, 7) is 5.20. The van der Waals surface area contributed by atoms with Crippen LogP contribution in [0.2, 0.25) is 0 Å². The molecule has 3 saturated heterocycles. The third-order valence-electron chi connectivity index (χ3n) is 6.61. The summed E-state index contributed by atoms with van der Waals surface area (Å²) in [6.07, 6.45) is 9.56. The summed E-state index contributed by atoms with van der Waals surface area (Å²) in [7, 11) is 0. The predicted molar refractivity (Wildman–Crippen MR) is 106 cm³/mol. The molecule has 1 amide bonds. The average Bonchev–Trinajstić information content (AvgIpc) is 3.13. The van der Waals surface area contributed by atoms with E-state index in [0.717, 1.165) is 37.7 Å². The number of benzene rings is 1. The van der Waals surface area contributed by atoms with Gasteiger partial charge in [0.1, 0.15) is 0 Å². The van der Waals surface area contributed by atoms with E-state index in [4.69, 9.17) is 0 Å². The Balaban J connectivity index is 1.52. The number of hydrogen-bond donors (Lipinski definition) is 1. The Hall–Kier alpha value is -1.39. The van der Waals surface area contributed by atoms with E-state index in [1.54, 1.807) is 0 Å². The van der Waals surface area contributed by atoms with Crippen molar-refractivity contribution in [3.8, 4) is 0 Å². The summed E-state index contributed by atoms with van der Waals surface area (Å²) in [6, 6.07) is 10.6. The van der Waals surface area contributed by atoms with E-state index in [2.05, 4.69) is 34.5 Å². The minimum atomic E-state index is 0.239. The van der Waals surface area contributed by atoms with Crippen LogP contribution in [0.25, 0.3) is 0 Å². The molecule has 3 atom stereocenters. The molecule has 26 heavy (non-hydrogen) atoms. The molecular weight excluding hydrogens is 322 g/mol. The highest BCUT2D eigenvalue weighted by atomic mass is 16.2. The van der Waals surface area contributed by atoms with E-state index in [1.165, 1.54) is 44.2 Å². The van der Waals surface area contributed by atoms with Gasteiger partial charge in [-0.15, -0.1) is 0 Å². The van der Waals surface area contributed by atoms with Crippen molar-refractivity contribution in [3.05, 3.63) is 29.8 Å². The number of carbonyl (C=O) groups excluding carboxylic acids is 1. The van der Waals surface area contributed by atoms with Crippen LogP contribution in [0.1, 0.15) is 69.9 Å². The van der Waals surface area contributed by atoms with Crippen molar-refractivity contribution in [2.45, 2.75) is 76.4 Å². The van der Waals surface area contributed by atoms with Crippen molar-refractivity contribution in [2.75, 3.05) is 24.5 Å². The van der Waals surface area contributed by atoms with Crippen LogP contribution in [-0.2, 0) is 4.79 Å². The van der Waals surface area contributed by atoms with Crippen molar-refractivity contribution in [2.24, 2.45) is 0 Å². The standard InChI is InChI=1S/C22H33N3O/c1-2-22(26)25(20-7-5-14-23-16-20)19-10-8-17(9-11-19)21-13-12-18-6-3-4-15-24(18)21/h8-11,18,20-21,23H,2-7,12-16H2,1H3. The van der Waals surface area contributed by atoms with Gasteiger partial charge in [-0.2, -0.15) is 0 Å². The first-order valence-electron chi connectivity index (χ1n) is 10.7. The lowest BCUT2D eigenvalue weighted by Gasteiger charge is -2.36. The van der Waals surface area contributed by atoms with Crippen LogP contribution in [0.4, 0.5) is 5.69 Å². The van der Waals surface area contributed by atoms with Gasteiger partial charge in [0.15, 0.2) is 0 Å². The van der Waals surface area contributed by atoms with Gasteiger partial charge < -0.3 is 10.2 Å². The van der Waals surface area contributed by atoms with Crippen molar-refractivity contribution in [1.29, 1.82) is 0 Å². The van der Waals surface area contributed by atoms with Crippen molar-refractivity contribution in [3.63, 3.8) is 0 Å². The molecule has 3 aliphatic heterocycles. The van der Waals surface area contributed by atoms with Crippen LogP contribution < -0.4 is 10.2 Å². The molecule has 1 aromatic carbocycles. The number of amides is 1. The number of fused-ring (bicyclic) bond motifs is 1. The fraction of sp³-hybridized carbons (Fsp3) is 0.682. The van der Waals surface area contributed by atoms with E-state index >= 15 is 0 Å². The summed E-state index contributed by atoms with van der Waals surface area (Å²) in [5.74, 6) is 0.239. The van der Waals surface area contributed by atoms with E-state index in [1.807, 2.05) is 11.8 Å². The molecule has 0 radical (unpaired) electrons. The van der Waals surface area contributed by atoms with Gasteiger partial charge in [-0.1, -0.05) is 25.5 Å². The maximum absolute atomic E-state index is 12.6. The number of nitrogens with zero attached hydrogens (tertiary/aromatic N) is 2. The molecule has 3 aliphatic rings. The van der Waals surface area contributed by atoms with Crippen LogP contribution in [0.5, 0.6) is 0 Å². The molecule has 0 aliphatic carbocycles. The third kappa shape index (κ3) is 3.54. The molecule has 142 valence electrons. The molecular formula is C22H33N3O. The molecule has 0 aromatic heterocycles. The Morgan fingerprint density at radius 2 is 1.96 bits per heavy atom. The zero-order valence-corrected chi connectivity index (χ0v) is 16.1.